The van der Waals surface area contributed by atoms with Crippen LogP contribution in [-0.4, -0.2) is 19.2 Å². The molecule has 3 nitrogen and oxygen atoms in total. The van der Waals surface area contributed by atoms with Crippen molar-refractivity contribution in [1.29, 1.82) is 0 Å². The van der Waals surface area contributed by atoms with Crippen molar-refractivity contribution in [2.75, 3.05) is 13.3 Å². The van der Waals surface area contributed by atoms with Crippen LogP contribution in [0, 0.1) is 5.92 Å². The number of amides is 1. The van der Waals surface area contributed by atoms with Gasteiger partial charge in [-0.2, -0.15) is 0 Å². The maximum absolute atomic E-state index is 10.8. The fourth-order valence-corrected chi connectivity index (χ4v) is 2.08. The number of rotatable bonds is 14. The number of carbonyl (C=O) groups is 1. The van der Waals surface area contributed by atoms with Crippen LogP contribution in [0.3, 0.4) is 0 Å². The van der Waals surface area contributed by atoms with Gasteiger partial charge in [0.2, 0.25) is 5.91 Å². The molecule has 0 fully saturated rings. The Bertz CT molecular complexity index is 239. The SMILES string of the molecule is C=CC(=O)NCOCCCCCCCCCCC(C)C. The third-order valence-corrected chi connectivity index (χ3v) is 3.35. The van der Waals surface area contributed by atoms with Crippen molar-refractivity contribution in [1.82, 2.24) is 5.32 Å². The van der Waals surface area contributed by atoms with E-state index in [0.29, 0.717) is 6.73 Å². The van der Waals surface area contributed by atoms with Gasteiger partial charge >= 0.3 is 0 Å². The van der Waals surface area contributed by atoms with Gasteiger partial charge in [-0.25, -0.2) is 0 Å². The highest BCUT2D eigenvalue weighted by atomic mass is 16.5. The molecule has 0 aliphatic rings. The molecule has 0 aromatic heterocycles. The number of carbonyl (C=O) groups excluding carboxylic acids is 1. The number of hydrogen-bond donors (Lipinski definition) is 1. The van der Waals surface area contributed by atoms with E-state index in [0.717, 1.165) is 18.9 Å². The Hall–Kier alpha value is -0.830. The van der Waals surface area contributed by atoms with Gasteiger partial charge in [-0.15, -0.1) is 0 Å². The minimum Gasteiger partial charge on any atom is -0.361 e. The highest BCUT2D eigenvalue weighted by Gasteiger charge is 1.96. The molecule has 0 saturated heterocycles. The Balaban J connectivity index is 3.03. The van der Waals surface area contributed by atoms with Gasteiger partial charge in [0.1, 0.15) is 6.73 Å². The molecule has 0 atom stereocenters. The maximum Gasteiger partial charge on any atom is 0.245 e. The van der Waals surface area contributed by atoms with Crippen LogP contribution in [-0.2, 0) is 9.53 Å². The van der Waals surface area contributed by atoms with Crippen LogP contribution < -0.4 is 5.32 Å². The molecule has 1 N–H and O–H groups in total. The van der Waals surface area contributed by atoms with E-state index in [4.69, 9.17) is 4.74 Å². The van der Waals surface area contributed by atoms with Gasteiger partial charge in [-0.1, -0.05) is 71.8 Å². The molecule has 3 heteroatoms. The van der Waals surface area contributed by atoms with Crippen LogP contribution in [0.5, 0.6) is 0 Å². The summed E-state index contributed by atoms with van der Waals surface area (Å²) in [6.07, 6.45) is 13.1. The normalized spacial score (nSPS) is 10.8. The molecule has 0 aromatic rings. The summed E-state index contributed by atoms with van der Waals surface area (Å²) >= 11 is 0. The Morgan fingerprint density at radius 2 is 1.60 bits per heavy atom. The van der Waals surface area contributed by atoms with Crippen molar-refractivity contribution in [2.24, 2.45) is 5.92 Å². The molecule has 118 valence electrons. The average molecular weight is 283 g/mol. The van der Waals surface area contributed by atoms with Crippen molar-refractivity contribution >= 4 is 5.91 Å². The van der Waals surface area contributed by atoms with Crippen LogP contribution in [0.2, 0.25) is 0 Å². The molecular formula is C17H33NO2. The zero-order chi connectivity index (χ0) is 15.1. The fraction of sp³-hybridized carbons (Fsp3) is 0.824. The van der Waals surface area contributed by atoms with Crippen molar-refractivity contribution in [2.45, 2.75) is 71.6 Å². The standard InChI is InChI=1S/C17H33NO2/c1-4-17(19)18-15-20-14-12-10-8-6-5-7-9-11-13-16(2)3/h4,16H,1,5-15H2,2-3H3,(H,18,19). The highest BCUT2D eigenvalue weighted by molar-refractivity contribution is 5.86. The second kappa shape index (κ2) is 14.6. The van der Waals surface area contributed by atoms with Gasteiger partial charge in [0.25, 0.3) is 0 Å². The summed E-state index contributed by atoms with van der Waals surface area (Å²) in [5.41, 5.74) is 0. The Morgan fingerprint density at radius 3 is 2.15 bits per heavy atom. The lowest BCUT2D eigenvalue weighted by Gasteiger charge is -2.05. The van der Waals surface area contributed by atoms with E-state index in [1.807, 2.05) is 0 Å². The monoisotopic (exact) mass is 283 g/mol. The molecule has 0 spiro atoms. The molecular weight excluding hydrogens is 250 g/mol. The first-order chi connectivity index (χ1) is 9.66. The summed E-state index contributed by atoms with van der Waals surface area (Å²) in [6, 6.07) is 0. The molecule has 0 unspecified atom stereocenters. The number of hydrogen-bond acceptors (Lipinski definition) is 2. The van der Waals surface area contributed by atoms with Gasteiger partial charge < -0.3 is 10.1 Å². The van der Waals surface area contributed by atoms with Gasteiger partial charge in [-0.05, 0) is 18.4 Å². The van der Waals surface area contributed by atoms with Crippen LogP contribution in [0.15, 0.2) is 12.7 Å². The topological polar surface area (TPSA) is 38.3 Å². The van der Waals surface area contributed by atoms with Crippen LogP contribution in [0.1, 0.15) is 71.6 Å². The summed E-state index contributed by atoms with van der Waals surface area (Å²) in [5.74, 6) is 0.675. The van der Waals surface area contributed by atoms with E-state index in [1.165, 1.54) is 57.4 Å². The molecule has 0 radical (unpaired) electrons. The lowest BCUT2D eigenvalue weighted by Crippen LogP contribution is -2.24. The minimum absolute atomic E-state index is 0.178. The van der Waals surface area contributed by atoms with E-state index >= 15 is 0 Å². The van der Waals surface area contributed by atoms with E-state index in [1.54, 1.807) is 0 Å². The van der Waals surface area contributed by atoms with Gasteiger partial charge in [-0.3, -0.25) is 4.79 Å². The number of ether oxygens (including phenoxy) is 1. The highest BCUT2D eigenvalue weighted by Crippen LogP contribution is 2.12. The molecule has 1 amide bonds. The zero-order valence-corrected chi connectivity index (χ0v) is 13.5. The van der Waals surface area contributed by atoms with E-state index in [2.05, 4.69) is 25.7 Å². The molecule has 0 aromatic carbocycles. The van der Waals surface area contributed by atoms with Crippen molar-refractivity contribution in [3.05, 3.63) is 12.7 Å². The molecule has 20 heavy (non-hydrogen) atoms. The fourth-order valence-electron chi connectivity index (χ4n) is 2.08. The van der Waals surface area contributed by atoms with Crippen LogP contribution >= 0.6 is 0 Å². The van der Waals surface area contributed by atoms with Gasteiger partial charge in [0, 0.05) is 6.61 Å². The number of nitrogens with one attached hydrogen (secondary N) is 1. The third-order valence-electron chi connectivity index (χ3n) is 3.35. The predicted octanol–water partition coefficient (Wildman–Crippen LogP) is 4.43. The molecule has 0 saturated carbocycles. The lowest BCUT2D eigenvalue weighted by atomic mass is 10.0. The van der Waals surface area contributed by atoms with Gasteiger partial charge in [0.05, 0.1) is 0 Å². The summed E-state index contributed by atoms with van der Waals surface area (Å²) in [4.78, 5) is 10.8. The summed E-state index contributed by atoms with van der Waals surface area (Å²) in [6.45, 7) is 8.99. The number of unbranched alkanes of at least 4 members (excludes halogenated alkanes) is 7. The van der Waals surface area contributed by atoms with Crippen molar-refractivity contribution < 1.29 is 9.53 Å². The lowest BCUT2D eigenvalue weighted by molar-refractivity contribution is -0.118. The van der Waals surface area contributed by atoms with Gasteiger partial charge in [0.15, 0.2) is 0 Å². The third kappa shape index (κ3) is 15.2. The second-order valence-corrected chi connectivity index (χ2v) is 5.81. The molecule has 0 bridgehead atoms. The van der Waals surface area contributed by atoms with Crippen molar-refractivity contribution in [3.63, 3.8) is 0 Å². The maximum atomic E-state index is 10.8. The van der Waals surface area contributed by atoms with Crippen molar-refractivity contribution in [3.8, 4) is 0 Å². The van der Waals surface area contributed by atoms with Crippen LogP contribution in [0.25, 0.3) is 0 Å². The average Bonchev–Trinajstić information content (AvgIpc) is 2.43. The van der Waals surface area contributed by atoms with E-state index in [9.17, 15) is 4.79 Å². The molecule has 0 aliphatic carbocycles. The quantitative estimate of drug-likeness (QED) is 0.291. The summed E-state index contributed by atoms with van der Waals surface area (Å²) < 4.78 is 5.31. The Kier molecular flexibility index (Phi) is 14.0. The zero-order valence-electron chi connectivity index (χ0n) is 13.5. The Labute approximate surface area is 125 Å². The van der Waals surface area contributed by atoms with Crippen LogP contribution in [0.4, 0.5) is 0 Å². The first-order valence-electron chi connectivity index (χ1n) is 8.14. The molecule has 0 rings (SSSR count). The summed E-state index contributed by atoms with van der Waals surface area (Å²) in [7, 11) is 0. The molecule has 0 heterocycles. The largest absolute Gasteiger partial charge is 0.361 e. The van der Waals surface area contributed by atoms with E-state index in [-0.39, 0.29) is 5.91 Å². The molecule has 0 aliphatic heterocycles. The first kappa shape index (κ1) is 19.2. The Morgan fingerprint density at radius 1 is 1.05 bits per heavy atom. The second-order valence-electron chi connectivity index (χ2n) is 5.81. The first-order valence-corrected chi connectivity index (χ1v) is 8.14. The summed E-state index contributed by atoms with van der Waals surface area (Å²) in [5, 5.41) is 2.59. The van der Waals surface area contributed by atoms with E-state index < -0.39 is 0 Å². The minimum atomic E-state index is -0.178. The smallest absolute Gasteiger partial charge is 0.245 e. The predicted molar refractivity (Wildman–Crippen MR) is 85.5 cm³/mol.